The Morgan fingerprint density at radius 3 is 2.38 bits per heavy atom. The molecule has 2 saturated heterocycles. The van der Waals surface area contributed by atoms with Gasteiger partial charge in [-0.2, -0.15) is 5.01 Å². The molecule has 0 unspecified atom stereocenters. The Bertz CT molecular complexity index is 2140. The molecule has 6 atom stereocenters. The van der Waals surface area contributed by atoms with Crippen molar-refractivity contribution >= 4 is 52.3 Å². The summed E-state index contributed by atoms with van der Waals surface area (Å²) in [6.45, 7) is 0.145. The number of anilines is 1. The Labute approximate surface area is 307 Å². The van der Waals surface area contributed by atoms with Crippen LogP contribution in [0.5, 0.6) is 17.2 Å². The van der Waals surface area contributed by atoms with Gasteiger partial charge in [0.2, 0.25) is 11.8 Å². The van der Waals surface area contributed by atoms with Gasteiger partial charge in [-0.3, -0.25) is 29.5 Å². The van der Waals surface area contributed by atoms with E-state index in [1.807, 2.05) is 23.6 Å². The number of nitrogens with zero attached hydrogens (tertiary/aromatic N) is 2. The number of thiophene rings is 1. The van der Waals surface area contributed by atoms with Gasteiger partial charge in [-0.1, -0.05) is 41.4 Å². The van der Waals surface area contributed by atoms with E-state index in [4.69, 9.17) is 21.1 Å². The number of carbonyl (C=O) groups excluding carboxylic acids is 4. The van der Waals surface area contributed by atoms with Gasteiger partial charge < -0.3 is 14.6 Å². The second-order valence-corrected chi connectivity index (χ2v) is 14.9. The quantitative estimate of drug-likeness (QED) is 0.156. The van der Waals surface area contributed by atoms with Gasteiger partial charge in [0.15, 0.2) is 0 Å². The number of carbonyl (C=O) groups is 4. The van der Waals surface area contributed by atoms with Gasteiger partial charge in [-0.05, 0) is 72.2 Å². The Kier molecular flexibility index (Phi) is 8.34. The number of hydrogen-bond acceptors (Lipinski definition) is 9. The Morgan fingerprint density at radius 2 is 1.71 bits per heavy atom. The maximum Gasteiger partial charge on any atom is 0.260 e. The molecule has 2 aliphatic heterocycles. The van der Waals surface area contributed by atoms with Crippen molar-refractivity contribution < 1.29 is 38.1 Å². The van der Waals surface area contributed by atoms with E-state index < -0.39 is 52.6 Å². The number of phenols is 1. The molecule has 4 amide bonds. The average Bonchev–Trinajstić information content (AvgIpc) is 3.81. The summed E-state index contributed by atoms with van der Waals surface area (Å²) >= 11 is 7.82. The predicted octanol–water partition coefficient (Wildman–Crippen LogP) is 6.45. The third kappa shape index (κ3) is 5.02. The zero-order valence-corrected chi connectivity index (χ0v) is 29.6. The van der Waals surface area contributed by atoms with Crippen LogP contribution in [-0.2, 0) is 31.1 Å². The molecule has 8 rings (SSSR count). The number of aromatic hydroxyl groups is 1. The van der Waals surface area contributed by atoms with E-state index in [9.17, 15) is 23.9 Å². The lowest BCUT2D eigenvalue weighted by atomic mass is 9.49. The molecule has 0 radical (unpaired) electrons. The van der Waals surface area contributed by atoms with E-state index in [-0.39, 0.29) is 48.3 Å². The van der Waals surface area contributed by atoms with Gasteiger partial charge in [0.1, 0.15) is 23.1 Å². The molecule has 0 bridgehead atoms. The smallest absolute Gasteiger partial charge is 0.260 e. The van der Waals surface area contributed by atoms with Crippen LogP contribution in [0.2, 0.25) is 5.02 Å². The lowest BCUT2D eigenvalue weighted by molar-refractivity contribution is -0.141. The van der Waals surface area contributed by atoms with Gasteiger partial charge >= 0.3 is 0 Å². The van der Waals surface area contributed by atoms with Gasteiger partial charge in [0.05, 0.1) is 49.6 Å². The van der Waals surface area contributed by atoms with Crippen LogP contribution >= 0.6 is 22.9 Å². The van der Waals surface area contributed by atoms with Gasteiger partial charge in [0.25, 0.3) is 11.8 Å². The normalized spacial score (nSPS) is 26.5. The molecule has 0 spiro atoms. The van der Waals surface area contributed by atoms with Crippen molar-refractivity contribution in [2.24, 2.45) is 23.7 Å². The van der Waals surface area contributed by atoms with Crippen LogP contribution in [0.15, 0.2) is 89.8 Å². The third-order valence-electron chi connectivity index (χ3n) is 11.1. The van der Waals surface area contributed by atoms with Gasteiger partial charge in [-0.15, -0.1) is 11.3 Å². The molecule has 3 aromatic carbocycles. The van der Waals surface area contributed by atoms with Crippen LogP contribution < -0.4 is 14.9 Å². The second kappa shape index (κ2) is 12.8. The Balaban J connectivity index is 1.35. The lowest BCUT2D eigenvalue weighted by Gasteiger charge is -2.50. The van der Waals surface area contributed by atoms with E-state index in [0.717, 1.165) is 9.89 Å². The zero-order chi connectivity index (χ0) is 36.5. The molecule has 4 aromatic rings. The summed E-state index contributed by atoms with van der Waals surface area (Å²) in [6.07, 6.45) is 2.18. The molecule has 3 fully saturated rings. The van der Waals surface area contributed by atoms with Crippen molar-refractivity contribution in [3.63, 3.8) is 0 Å². The molecule has 266 valence electrons. The largest absolute Gasteiger partial charge is 0.507 e. The number of halogens is 2. The highest BCUT2D eigenvalue weighted by Gasteiger charge is 2.71. The van der Waals surface area contributed by atoms with Crippen LogP contribution in [0.1, 0.15) is 34.8 Å². The summed E-state index contributed by atoms with van der Waals surface area (Å²) in [5, 5.41) is 15.1. The number of phenolic OH excluding ortho intramolecular Hbond substituents is 1. The second-order valence-electron chi connectivity index (χ2n) is 13.5. The number of hydrogen-bond donors (Lipinski definition) is 2. The minimum atomic E-state index is -1.69. The number of ether oxygens (including phenoxy) is 2. The molecular formula is C39H33ClFN3O7S. The predicted molar refractivity (Wildman–Crippen MR) is 190 cm³/mol. The number of hydrazine groups is 1. The molecular weight excluding hydrogens is 709 g/mol. The summed E-state index contributed by atoms with van der Waals surface area (Å²) < 4.78 is 25.2. The molecule has 13 heteroatoms. The van der Waals surface area contributed by atoms with Crippen LogP contribution in [0, 0.1) is 29.5 Å². The van der Waals surface area contributed by atoms with Crippen LogP contribution in [0.25, 0.3) is 0 Å². The van der Waals surface area contributed by atoms with E-state index >= 15 is 4.79 Å². The van der Waals surface area contributed by atoms with Crippen molar-refractivity contribution in [1.29, 1.82) is 0 Å². The van der Waals surface area contributed by atoms with Crippen LogP contribution in [0.3, 0.4) is 0 Å². The topological polar surface area (TPSA) is 125 Å². The SMILES string of the molecule is COc1cc(O)c([C@H]2C3=CC[C@@H]4C(=O)N(Cc5cccs5)C(=O)[C@@H]4[C@@H]3C[C@H]3C(=O)N(Nc4ccc(F)cc4)C(=O)[C@@]23c2ccc(Cl)cc2)c(OC)c1. The highest BCUT2D eigenvalue weighted by molar-refractivity contribution is 7.09. The molecule has 2 aliphatic carbocycles. The molecule has 1 aromatic heterocycles. The summed E-state index contributed by atoms with van der Waals surface area (Å²) in [6, 6.07) is 18.7. The van der Waals surface area contributed by atoms with E-state index in [1.54, 1.807) is 30.3 Å². The van der Waals surface area contributed by atoms with Crippen molar-refractivity contribution in [1.82, 2.24) is 9.91 Å². The number of allylic oxidation sites excluding steroid dienone is 2. The van der Waals surface area contributed by atoms with Crippen LogP contribution in [-0.4, -0.2) is 52.9 Å². The first-order valence-corrected chi connectivity index (χ1v) is 18.0. The standard InChI is InChI=1S/C39H33ClFN3O7S/c1-50-24-16-30(45)33(31(17-24)51-2)34-26-13-14-27-32(37(48)43(35(27)46)19-25-4-3-15-52-25)28(26)18-29-36(47)44(42-23-11-9-22(41)10-12-23)38(49)39(29,34)20-5-7-21(40)8-6-20/h3-13,15-17,27-29,32,34,42,45H,14,18-19H2,1-2H3/t27-,28+,29-,32-,34+,39+/m0/s1. The number of imide groups is 2. The zero-order valence-electron chi connectivity index (χ0n) is 28.0. The minimum Gasteiger partial charge on any atom is -0.507 e. The van der Waals surface area contributed by atoms with Crippen LogP contribution in [0.4, 0.5) is 10.1 Å². The molecule has 3 heterocycles. The van der Waals surface area contributed by atoms with Crippen molar-refractivity contribution in [2.45, 2.75) is 30.7 Å². The van der Waals surface area contributed by atoms with Crippen molar-refractivity contribution in [3.05, 3.63) is 117 Å². The average molecular weight is 742 g/mol. The van der Waals surface area contributed by atoms with Crippen molar-refractivity contribution in [3.8, 4) is 17.2 Å². The maximum atomic E-state index is 15.3. The third-order valence-corrected chi connectivity index (χ3v) is 12.2. The number of nitrogens with one attached hydrogen (secondary N) is 1. The summed E-state index contributed by atoms with van der Waals surface area (Å²) in [4.78, 5) is 60.6. The fourth-order valence-corrected chi connectivity index (χ4v) is 9.73. The van der Waals surface area contributed by atoms with E-state index in [2.05, 4.69) is 5.43 Å². The minimum absolute atomic E-state index is 0.0589. The first-order chi connectivity index (χ1) is 25.1. The summed E-state index contributed by atoms with van der Waals surface area (Å²) in [5.41, 5.74) is 2.87. The van der Waals surface area contributed by atoms with Gasteiger partial charge in [-0.25, -0.2) is 4.39 Å². The van der Waals surface area contributed by atoms with Gasteiger partial charge in [0, 0.05) is 33.5 Å². The molecule has 4 aliphatic rings. The fourth-order valence-electron chi connectivity index (χ4n) is 8.91. The maximum absolute atomic E-state index is 15.3. The molecule has 2 N–H and O–H groups in total. The number of amides is 4. The Hall–Kier alpha value is -5.20. The molecule has 1 saturated carbocycles. The lowest BCUT2D eigenvalue weighted by Crippen LogP contribution is -2.53. The Morgan fingerprint density at radius 1 is 0.962 bits per heavy atom. The molecule has 10 nitrogen and oxygen atoms in total. The monoisotopic (exact) mass is 741 g/mol. The number of methoxy groups -OCH3 is 2. The number of rotatable bonds is 8. The van der Waals surface area contributed by atoms with E-state index in [0.29, 0.717) is 27.6 Å². The molecule has 52 heavy (non-hydrogen) atoms. The number of benzene rings is 3. The summed E-state index contributed by atoms with van der Waals surface area (Å²) in [5.74, 6) is -6.26. The fraction of sp³-hybridized carbons (Fsp3) is 0.282. The van der Waals surface area contributed by atoms with Crippen molar-refractivity contribution in [2.75, 3.05) is 19.6 Å². The highest BCUT2D eigenvalue weighted by atomic mass is 35.5. The first-order valence-electron chi connectivity index (χ1n) is 16.8. The summed E-state index contributed by atoms with van der Waals surface area (Å²) in [7, 11) is 2.88. The highest BCUT2D eigenvalue weighted by Crippen LogP contribution is 2.66. The number of likely N-dealkylation sites (tertiary alicyclic amines) is 1. The first kappa shape index (κ1) is 33.9. The van der Waals surface area contributed by atoms with E-state index in [1.165, 1.54) is 60.8 Å². The number of fused-ring (bicyclic) bond motifs is 4.